The molecule has 0 bridgehead atoms. The molecular weight excluding hydrogens is 473 g/mol. The Bertz CT molecular complexity index is 678. The first-order valence-electron chi connectivity index (χ1n) is 8.93. The number of allylic oxidation sites excluding steroid dienone is 2. The second-order valence-electron chi connectivity index (χ2n) is 7.97. The third-order valence-electron chi connectivity index (χ3n) is 5.43. The van der Waals surface area contributed by atoms with E-state index in [1.165, 1.54) is 7.11 Å². The zero-order valence-corrected chi connectivity index (χ0v) is 20.2. The van der Waals surface area contributed by atoms with Crippen LogP contribution in [0.2, 0.25) is 18.1 Å². The summed E-state index contributed by atoms with van der Waals surface area (Å²) in [6, 6.07) is -0.412. The summed E-state index contributed by atoms with van der Waals surface area (Å²) < 4.78 is 14.4. The molecule has 1 N–H and O–H groups in total. The fourth-order valence-corrected chi connectivity index (χ4v) is 3.89. The highest BCUT2D eigenvalue weighted by atomic mass is 127. The summed E-state index contributed by atoms with van der Waals surface area (Å²) in [5.41, 5.74) is -1.08. The Morgan fingerprint density at radius 3 is 2.48 bits per heavy atom. The van der Waals surface area contributed by atoms with E-state index in [0.29, 0.717) is 13.2 Å². The minimum absolute atomic E-state index is 0.114. The van der Waals surface area contributed by atoms with Gasteiger partial charge in [0.1, 0.15) is 0 Å². The lowest BCUT2D eigenvalue weighted by Gasteiger charge is -2.54. The zero-order chi connectivity index (χ0) is 20.7. The van der Waals surface area contributed by atoms with E-state index in [-0.39, 0.29) is 24.0 Å². The van der Waals surface area contributed by atoms with Crippen molar-refractivity contribution in [2.75, 3.05) is 26.9 Å². The monoisotopic (exact) mass is 503 g/mol. The zero-order valence-electron chi connectivity index (χ0n) is 17.1. The maximum atomic E-state index is 12.7. The fourth-order valence-electron chi connectivity index (χ4n) is 2.68. The van der Waals surface area contributed by atoms with Crippen LogP contribution in [0, 0.1) is 21.7 Å². The molecule has 1 saturated heterocycles. The fraction of sp³-hybridized carbons (Fsp3) is 0.650. The number of halogens is 1. The lowest BCUT2D eigenvalue weighted by Crippen LogP contribution is -2.76. The molecule has 1 amide bonds. The number of hydrogen-bond donors (Lipinski definition) is 1. The van der Waals surface area contributed by atoms with Crippen LogP contribution in [0.5, 0.6) is 0 Å². The highest BCUT2D eigenvalue weighted by Gasteiger charge is 2.60. The van der Waals surface area contributed by atoms with Crippen LogP contribution in [0.15, 0.2) is 12.2 Å². The number of β-lactam (4-membered cyclic amide) rings is 1. The number of rotatable bonds is 7. The first-order valence-corrected chi connectivity index (χ1v) is 12.9. The minimum Gasteiger partial charge on any atom is -0.415 e. The molecule has 5 nitrogen and oxygen atoms in total. The number of methoxy groups -OCH3 is 1. The molecule has 1 aliphatic rings. The Hall–Kier alpha value is -0.843. The topological polar surface area (TPSA) is 59.0 Å². The van der Waals surface area contributed by atoms with Crippen molar-refractivity contribution in [3.8, 4) is 21.7 Å². The van der Waals surface area contributed by atoms with Crippen molar-refractivity contribution in [1.82, 2.24) is 4.90 Å². The van der Waals surface area contributed by atoms with E-state index in [1.54, 1.807) is 17.1 Å². The summed E-state index contributed by atoms with van der Waals surface area (Å²) >= 11 is 1.95. The molecule has 0 aromatic heterocycles. The molecule has 1 rings (SSSR count). The van der Waals surface area contributed by atoms with E-state index in [0.717, 1.165) is 0 Å². The molecular formula is C20H30INO4Si. The number of likely N-dealkylation sites (tertiary alicyclic amines) is 1. The summed E-state index contributed by atoms with van der Waals surface area (Å²) in [6.07, 6.45) is 3.52. The standard InChI is InChI=1S/C20H30INO4Si/c1-19(2,3)27(5,6)26-15-14-22-17(16-23)20(25-4,18(22)24)12-10-8-7-9-11-13-21/h7,9,17,23H,12,14-16H2,1-6H3/b9-7-/t17-,20+/m0/s1. The van der Waals surface area contributed by atoms with Gasteiger partial charge < -0.3 is 19.2 Å². The molecule has 0 spiro atoms. The molecule has 0 aliphatic carbocycles. The van der Waals surface area contributed by atoms with Crippen LogP contribution in [0.3, 0.4) is 0 Å². The highest BCUT2D eigenvalue weighted by molar-refractivity contribution is 14.1. The van der Waals surface area contributed by atoms with E-state index in [1.807, 2.05) is 22.6 Å². The van der Waals surface area contributed by atoms with Gasteiger partial charge in [-0.2, -0.15) is 0 Å². The van der Waals surface area contributed by atoms with Crippen LogP contribution in [0.25, 0.3) is 0 Å². The van der Waals surface area contributed by atoms with Crippen molar-refractivity contribution < 1.29 is 19.1 Å². The Kier molecular flexibility index (Phi) is 9.04. The number of amides is 1. The quantitative estimate of drug-likeness (QED) is 0.251. The van der Waals surface area contributed by atoms with Crippen molar-refractivity contribution >= 4 is 36.8 Å². The third-order valence-corrected chi connectivity index (χ3v) is 10.3. The summed E-state index contributed by atoms with van der Waals surface area (Å²) in [5, 5.41) is 9.93. The summed E-state index contributed by atoms with van der Waals surface area (Å²) in [5.74, 6) is 8.41. The van der Waals surface area contributed by atoms with Gasteiger partial charge in [0.15, 0.2) is 13.9 Å². The van der Waals surface area contributed by atoms with Gasteiger partial charge in [-0.3, -0.25) is 4.79 Å². The Morgan fingerprint density at radius 1 is 1.33 bits per heavy atom. The molecule has 7 heteroatoms. The molecule has 1 fully saturated rings. The number of carbonyl (C=O) groups is 1. The lowest BCUT2D eigenvalue weighted by atomic mass is 9.79. The van der Waals surface area contributed by atoms with Gasteiger partial charge in [0, 0.05) is 42.7 Å². The Labute approximate surface area is 178 Å². The van der Waals surface area contributed by atoms with Crippen LogP contribution in [-0.4, -0.2) is 62.7 Å². The first kappa shape index (κ1) is 24.2. The number of aliphatic hydroxyl groups excluding tert-OH is 1. The second kappa shape index (κ2) is 10.1. The van der Waals surface area contributed by atoms with E-state index in [2.05, 4.69) is 55.6 Å². The molecule has 0 aromatic rings. The van der Waals surface area contributed by atoms with Crippen molar-refractivity contribution in [3.05, 3.63) is 12.2 Å². The van der Waals surface area contributed by atoms with Crippen LogP contribution < -0.4 is 0 Å². The SMILES string of the molecule is CO[C@@]1(CC#C/C=C\C#CI)C(=O)N(CCO[Si](C)(C)C(C)(C)C)[C@H]1CO. The maximum Gasteiger partial charge on any atom is 0.258 e. The average molecular weight is 503 g/mol. The van der Waals surface area contributed by atoms with Crippen molar-refractivity contribution in [1.29, 1.82) is 0 Å². The Morgan fingerprint density at radius 2 is 1.96 bits per heavy atom. The van der Waals surface area contributed by atoms with E-state index in [9.17, 15) is 9.90 Å². The lowest BCUT2D eigenvalue weighted by molar-refractivity contribution is -0.203. The van der Waals surface area contributed by atoms with E-state index >= 15 is 0 Å². The van der Waals surface area contributed by atoms with Gasteiger partial charge in [-0.05, 0) is 34.2 Å². The molecule has 2 atom stereocenters. The van der Waals surface area contributed by atoms with Gasteiger partial charge in [-0.1, -0.05) is 38.5 Å². The largest absolute Gasteiger partial charge is 0.415 e. The second-order valence-corrected chi connectivity index (χ2v) is 13.3. The van der Waals surface area contributed by atoms with Gasteiger partial charge in [0.2, 0.25) is 0 Å². The van der Waals surface area contributed by atoms with Crippen molar-refractivity contribution in [2.45, 2.75) is 57.0 Å². The molecule has 1 heterocycles. The van der Waals surface area contributed by atoms with Gasteiger partial charge in [0.25, 0.3) is 5.91 Å². The van der Waals surface area contributed by atoms with Crippen LogP contribution in [0.4, 0.5) is 0 Å². The molecule has 0 aromatic carbocycles. The van der Waals surface area contributed by atoms with Crippen molar-refractivity contribution in [2.24, 2.45) is 0 Å². The molecule has 1 aliphatic heterocycles. The molecule has 0 saturated carbocycles. The first-order chi connectivity index (χ1) is 12.6. The summed E-state index contributed by atoms with van der Waals surface area (Å²) in [7, 11) is -0.380. The number of ether oxygens (including phenoxy) is 1. The Balaban J connectivity index is 2.73. The molecule has 0 radical (unpaired) electrons. The van der Waals surface area contributed by atoms with Gasteiger partial charge in [0.05, 0.1) is 19.3 Å². The smallest absolute Gasteiger partial charge is 0.258 e. The summed E-state index contributed by atoms with van der Waals surface area (Å²) in [4.78, 5) is 14.4. The number of carbonyl (C=O) groups excluding carboxylic acids is 1. The predicted molar refractivity (Wildman–Crippen MR) is 119 cm³/mol. The van der Waals surface area contributed by atoms with Crippen LogP contribution >= 0.6 is 22.6 Å². The van der Waals surface area contributed by atoms with Crippen molar-refractivity contribution in [3.63, 3.8) is 0 Å². The van der Waals surface area contributed by atoms with Crippen LogP contribution in [-0.2, 0) is 14.0 Å². The minimum atomic E-state index is -1.87. The maximum absolute atomic E-state index is 12.7. The molecule has 150 valence electrons. The van der Waals surface area contributed by atoms with Gasteiger partial charge in [-0.25, -0.2) is 0 Å². The summed E-state index contributed by atoms with van der Waals surface area (Å²) in [6.45, 7) is 11.6. The highest BCUT2D eigenvalue weighted by Crippen LogP contribution is 2.38. The van der Waals surface area contributed by atoms with Gasteiger partial charge in [-0.15, -0.1) is 0 Å². The number of nitrogens with zero attached hydrogens (tertiary/aromatic N) is 1. The average Bonchev–Trinajstić information content (AvgIpc) is 2.60. The van der Waals surface area contributed by atoms with E-state index in [4.69, 9.17) is 9.16 Å². The number of hydrogen-bond acceptors (Lipinski definition) is 4. The van der Waals surface area contributed by atoms with E-state index < -0.39 is 20.0 Å². The van der Waals surface area contributed by atoms with Crippen LogP contribution in [0.1, 0.15) is 27.2 Å². The predicted octanol–water partition coefficient (Wildman–Crippen LogP) is 2.94. The normalized spacial score (nSPS) is 22.7. The molecule has 0 unspecified atom stereocenters. The molecule has 27 heavy (non-hydrogen) atoms. The number of aliphatic hydroxyl groups is 1. The van der Waals surface area contributed by atoms with Gasteiger partial charge >= 0.3 is 0 Å². The third kappa shape index (κ3) is 5.58.